The average molecular weight is 441 g/mol. The van der Waals surface area contributed by atoms with Gasteiger partial charge in [0, 0.05) is 5.56 Å². The number of benzene rings is 3. The summed E-state index contributed by atoms with van der Waals surface area (Å²) in [5.74, 6) is 0.959. The SMILES string of the molecule is COC(=O)c1ccc(-c2c(C(=O)O)ccc3ccccc23)cc1C12CC3CC(CC(C3)C1)C2. The molecular weight excluding hydrogens is 412 g/mol. The monoisotopic (exact) mass is 440 g/mol. The van der Waals surface area contributed by atoms with Crippen molar-refractivity contribution >= 4 is 22.7 Å². The van der Waals surface area contributed by atoms with Crippen LogP contribution in [0.5, 0.6) is 0 Å². The minimum absolute atomic E-state index is 0.0117. The summed E-state index contributed by atoms with van der Waals surface area (Å²) in [6, 6.07) is 17.3. The zero-order chi connectivity index (χ0) is 22.7. The van der Waals surface area contributed by atoms with Crippen LogP contribution >= 0.6 is 0 Å². The van der Waals surface area contributed by atoms with Crippen molar-refractivity contribution in [3.05, 3.63) is 71.3 Å². The molecule has 4 nitrogen and oxygen atoms in total. The van der Waals surface area contributed by atoms with Crippen LogP contribution in [0.25, 0.3) is 21.9 Å². The van der Waals surface area contributed by atoms with E-state index in [9.17, 15) is 14.7 Å². The lowest BCUT2D eigenvalue weighted by molar-refractivity contribution is -0.00591. The number of rotatable bonds is 4. The third-order valence-electron chi connectivity index (χ3n) is 8.48. The molecule has 4 bridgehead atoms. The largest absolute Gasteiger partial charge is 0.478 e. The van der Waals surface area contributed by atoms with E-state index in [0.29, 0.717) is 5.56 Å². The van der Waals surface area contributed by atoms with E-state index >= 15 is 0 Å². The lowest BCUT2D eigenvalue weighted by Crippen LogP contribution is -2.49. The minimum Gasteiger partial charge on any atom is -0.478 e. The van der Waals surface area contributed by atoms with E-state index in [4.69, 9.17) is 4.74 Å². The normalized spacial score (nSPS) is 27.6. The fourth-order valence-electron chi connectivity index (χ4n) is 7.63. The first-order valence-corrected chi connectivity index (χ1v) is 12.0. The predicted octanol–water partition coefficient (Wildman–Crippen LogP) is 6.46. The van der Waals surface area contributed by atoms with Gasteiger partial charge in [0.25, 0.3) is 0 Å². The van der Waals surface area contributed by atoms with Crippen molar-refractivity contribution in [1.82, 2.24) is 0 Å². The minimum atomic E-state index is -0.941. The molecule has 168 valence electrons. The van der Waals surface area contributed by atoms with Gasteiger partial charge in [-0.05, 0) is 102 Å². The van der Waals surface area contributed by atoms with Gasteiger partial charge in [-0.15, -0.1) is 0 Å². The molecule has 7 rings (SSSR count). The summed E-state index contributed by atoms with van der Waals surface area (Å²) < 4.78 is 5.18. The van der Waals surface area contributed by atoms with Crippen molar-refractivity contribution in [3.63, 3.8) is 0 Å². The number of ether oxygens (including phenoxy) is 1. The van der Waals surface area contributed by atoms with E-state index in [0.717, 1.165) is 64.5 Å². The third-order valence-corrected chi connectivity index (χ3v) is 8.48. The Morgan fingerprint density at radius 1 is 0.879 bits per heavy atom. The van der Waals surface area contributed by atoms with Gasteiger partial charge >= 0.3 is 11.9 Å². The summed E-state index contributed by atoms with van der Waals surface area (Å²) >= 11 is 0. The molecule has 0 saturated heterocycles. The van der Waals surface area contributed by atoms with Gasteiger partial charge < -0.3 is 9.84 Å². The number of fused-ring (bicyclic) bond motifs is 1. The highest BCUT2D eigenvalue weighted by Gasteiger charge is 2.52. The Labute approximate surface area is 193 Å². The second-order valence-corrected chi connectivity index (χ2v) is 10.5. The highest BCUT2D eigenvalue weighted by Crippen LogP contribution is 2.61. The summed E-state index contributed by atoms with van der Waals surface area (Å²) in [6.45, 7) is 0. The molecule has 0 aromatic heterocycles. The Morgan fingerprint density at radius 2 is 1.52 bits per heavy atom. The molecule has 4 saturated carbocycles. The Hall–Kier alpha value is -3.14. The van der Waals surface area contributed by atoms with Crippen LogP contribution in [-0.4, -0.2) is 24.2 Å². The Morgan fingerprint density at radius 3 is 2.15 bits per heavy atom. The van der Waals surface area contributed by atoms with Crippen LogP contribution in [0, 0.1) is 17.8 Å². The van der Waals surface area contributed by atoms with E-state index in [1.807, 2.05) is 42.5 Å². The molecule has 0 radical (unpaired) electrons. The number of methoxy groups -OCH3 is 1. The molecule has 0 aliphatic heterocycles. The van der Waals surface area contributed by atoms with Crippen molar-refractivity contribution in [2.75, 3.05) is 7.11 Å². The van der Waals surface area contributed by atoms with Crippen LogP contribution in [-0.2, 0) is 10.2 Å². The first-order valence-electron chi connectivity index (χ1n) is 12.0. The van der Waals surface area contributed by atoms with Crippen LogP contribution in [0.4, 0.5) is 0 Å². The molecule has 0 heterocycles. The van der Waals surface area contributed by atoms with E-state index < -0.39 is 5.97 Å². The van der Waals surface area contributed by atoms with Crippen LogP contribution in [0.1, 0.15) is 64.8 Å². The Kier molecular flexibility index (Phi) is 4.62. The van der Waals surface area contributed by atoms with Crippen LogP contribution in [0.2, 0.25) is 0 Å². The Balaban J connectivity index is 1.59. The number of aromatic carboxylic acids is 1. The molecular formula is C29H28O4. The van der Waals surface area contributed by atoms with E-state index in [1.165, 1.54) is 26.4 Å². The zero-order valence-electron chi connectivity index (χ0n) is 18.8. The number of hydrogen-bond acceptors (Lipinski definition) is 3. The van der Waals surface area contributed by atoms with Crippen molar-refractivity contribution in [3.8, 4) is 11.1 Å². The van der Waals surface area contributed by atoms with Gasteiger partial charge in [0.2, 0.25) is 0 Å². The van der Waals surface area contributed by atoms with Gasteiger partial charge in [0.1, 0.15) is 0 Å². The maximum absolute atomic E-state index is 12.8. The standard InChI is InChI=1S/C29H28O4/c1-33-28(32)23-8-7-21(26-22-5-3-2-4-20(22)6-9-24(26)27(30)31)13-25(23)29-14-17-10-18(15-29)12-19(11-17)16-29/h2-9,13,17-19H,10-12,14-16H2,1H3,(H,30,31). The second kappa shape index (κ2) is 7.44. The molecule has 0 atom stereocenters. The van der Waals surface area contributed by atoms with Gasteiger partial charge in [-0.3, -0.25) is 0 Å². The van der Waals surface area contributed by atoms with Crippen LogP contribution in [0.3, 0.4) is 0 Å². The van der Waals surface area contributed by atoms with E-state index in [2.05, 4.69) is 6.07 Å². The third kappa shape index (κ3) is 3.18. The maximum Gasteiger partial charge on any atom is 0.338 e. The molecule has 3 aromatic rings. The Bertz CT molecular complexity index is 1250. The summed E-state index contributed by atoms with van der Waals surface area (Å²) in [5.41, 5.74) is 3.57. The molecule has 4 aliphatic rings. The number of carboxylic acids is 1. The van der Waals surface area contributed by atoms with Gasteiger partial charge in [-0.2, -0.15) is 0 Å². The van der Waals surface area contributed by atoms with E-state index in [-0.39, 0.29) is 16.9 Å². The average Bonchev–Trinajstić information content (AvgIpc) is 2.81. The highest BCUT2D eigenvalue weighted by atomic mass is 16.5. The number of hydrogen-bond donors (Lipinski definition) is 1. The molecule has 0 spiro atoms. The number of carbonyl (C=O) groups excluding carboxylic acids is 1. The van der Waals surface area contributed by atoms with E-state index in [1.54, 1.807) is 6.07 Å². The smallest absolute Gasteiger partial charge is 0.338 e. The molecule has 4 fully saturated rings. The molecule has 3 aromatic carbocycles. The van der Waals surface area contributed by atoms with Gasteiger partial charge in [0.05, 0.1) is 18.2 Å². The molecule has 4 aliphatic carbocycles. The lowest BCUT2D eigenvalue weighted by Gasteiger charge is -2.57. The second-order valence-electron chi connectivity index (χ2n) is 10.5. The van der Waals surface area contributed by atoms with Gasteiger partial charge in [-0.1, -0.05) is 36.4 Å². The highest BCUT2D eigenvalue weighted by molar-refractivity contribution is 6.08. The van der Waals surface area contributed by atoms with Gasteiger partial charge in [0.15, 0.2) is 0 Å². The first kappa shape index (κ1) is 20.5. The van der Waals surface area contributed by atoms with Crippen molar-refractivity contribution in [2.45, 2.75) is 43.9 Å². The van der Waals surface area contributed by atoms with Crippen molar-refractivity contribution < 1.29 is 19.4 Å². The van der Waals surface area contributed by atoms with Crippen LogP contribution < -0.4 is 0 Å². The number of carboxylic acid groups (broad SMARTS) is 1. The van der Waals surface area contributed by atoms with Crippen LogP contribution in [0.15, 0.2) is 54.6 Å². The molecule has 1 N–H and O–H groups in total. The molecule has 33 heavy (non-hydrogen) atoms. The molecule has 4 heteroatoms. The lowest BCUT2D eigenvalue weighted by atomic mass is 9.47. The quantitative estimate of drug-likeness (QED) is 0.473. The van der Waals surface area contributed by atoms with Crippen molar-refractivity contribution in [2.24, 2.45) is 17.8 Å². The van der Waals surface area contributed by atoms with Crippen molar-refractivity contribution in [1.29, 1.82) is 0 Å². The fraction of sp³-hybridized carbons (Fsp3) is 0.379. The maximum atomic E-state index is 12.8. The summed E-state index contributed by atoms with van der Waals surface area (Å²) in [7, 11) is 1.44. The predicted molar refractivity (Wildman–Crippen MR) is 128 cm³/mol. The van der Waals surface area contributed by atoms with Gasteiger partial charge in [-0.25, -0.2) is 9.59 Å². The number of esters is 1. The summed E-state index contributed by atoms with van der Waals surface area (Å²) in [4.78, 5) is 25.0. The topological polar surface area (TPSA) is 63.6 Å². The number of carbonyl (C=O) groups is 2. The molecule has 0 unspecified atom stereocenters. The molecule has 0 amide bonds. The first-order chi connectivity index (χ1) is 16.0. The summed E-state index contributed by atoms with van der Waals surface area (Å²) in [5, 5.41) is 11.9. The summed E-state index contributed by atoms with van der Waals surface area (Å²) in [6.07, 6.45) is 7.31. The fourth-order valence-corrected chi connectivity index (χ4v) is 7.63. The zero-order valence-corrected chi connectivity index (χ0v) is 18.8.